The Bertz CT molecular complexity index is 3250. The van der Waals surface area contributed by atoms with E-state index < -0.39 is 0 Å². The number of benzene rings is 8. The second-order valence-electron chi connectivity index (χ2n) is 14.6. The molecule has 11 rings (SSSR count). The molecule has 0 saturated carbocycles. The van der Waals surface area contributed by atoms with Crippen LogP contribution in [0.1, 0.15) is 0 Å². The molecule has 11 aromatic rings. The first-order valence-corrected chi connectivity index (χ1v) is 19.5. The molecule has 0 bridgehead atoms. The maximum atomic E-state index is 5.25. The number of hydrogen-bond acceptors (Lipinski definition) is 4. The molecule has 0 atom stereocenters. The number of aromatic nitrogens is 4. The zero-order valence-corrected chi connectivity index (χ0v) is 31.4. The molecule has 4 heteroatoms. The van der Waals surface area contributed by atoms with Crippen molar-refractivity contribution in [1.29, 1.82) is 0 Å². The Morgan fingerprint density at radius 1 is 0.241 bits per heavy atom. The van der Waals surface area contributed by atoms with Gasteiger partial charge in [-0.1, -0.05) is 182 Å². The Kier molecular flexibility index (Phi) is 8.11. The highest BCUT2D eigenvalue weighted by molar-refractivity contribution is 6.13. The number of pyridine rings is 2. The van der Waals surface area contributed by atoms with Gasteiger partial charge in [-0.3, -0.25) is 0 Å². The van der Waals surface area contributed by atoms with Crippen molar-refractivity contribution in [3.8, 4) is 67.5 Å². The summed E-state index contributed by atoms with van der Waals surface area (Å²) in [6, 6.07) is 72.1. The van der Waals surface area contributed by atoms with Gasteiger partial charge < -0.3 is 0 Å². The third-order valence-corrected chi connectivity index (χ3v) is 11.1. The molecular formula is C54H34N4. The van der Waals surface area contributed by atoms with Gasteiger partial charge in [0.25, 0.3) is 0 Å². The summed E-state index contributed by atoms with van der Waals surface area (Å²) in [5.41, 5.74) is 12.9. The van der Waals surface area contributed by atoms with Gasteiger partial charge in [0.1, 0.15) is 0 Å². The lowest BCUT2D eigenvalue weighted by atomic mass is 9.93. The third kappa shape index (κ3) is 6.05. The molecular weight excluding hydrogens is 705 g/mol. The van der Waals surface area contributed by atoms with Crippen molar-refractivity contribution in [2.24, 2.45) is 0 Å². The van der Waals surface area contributed by atoms with E-state index in [1.807, 2.05) is 48.5 Å². The van der Waals surface area contributed by atoms with Crippen LogP contribution in [0.2, 0.25) is 0 Å². The van der Waals surface area contributed by atoms with Gasteiger partial charge >= 0.3 is 0 Å². The summed E-state index contributed by atoms with van der Waals surface area (Å²) in [4.78, 5) is 20.5. The van der Waals surface area contributed by atoms with E-state index >= 15 is 0 Å². The van der Waals surface area contributed by atoms with Gasteiger partial charge in [-0.25, -0.2) is 19.9 Å². The zero-order chi connectivity index (χ0) is 38.4. The van der Waals surface area contributed by atoms with Crippen LogP contribution < -0.4 is 0 Å². The molecule has 0 aliphatic carbocycles. The molecule has 0 aliphatic rings. The van der Waals surface area contributed by atoms with Gasteiger partial charge in [0.05, 0.1) is 33.8 Å². The SMILES string of the molecule is c1ccc(-c2cc(-c3ccc(-c4ccc5ccc6ccc(-c7ccc(-c8cc9ccccc9c9ccccc89)cc7)nc6c5n4)cc3)nc(-c3ccccc3)n2)cc1. The predicted octanol–water partition coefficient (Wildman–Crippen LogP) is 13.9. The van der Waals surface area contributed by atoms with Crippen LogP contribution >= 0.6 is 0 Å². The molecule has 0 amide bonds. The molecule has 3 aromatic heterocycles. The van der Waals surface area contributed by atoms with Crippen molar-refractivity contribution in [2.75, 3.05) is 0 Å². The maximum Gasteiger partial charge on any atom is 0.160 e. The maximum absolute atomic E-state index is 5.25. The Hall–Kier alpha value is -7.82. The smallest absolute Gasteiger partial charge is 0.160 e. The van der Waals surface area contributed by atoms with E-state index in [-0.39, 0.29) is 0 Å². The van der Waals surface area contributed by atoms with E-state index in [2.05, 4.69) is 158 Å². The van der Waals surface area contributed by atoms with Gasteiger partial charge in [0.2, 0.25) is 0 Å². The summed E-state index contributed by atoms with van der Waals surface area (Å²) >= 11 is 0. The van der Waals surface area contributed by atoms with Crippen LogP contribution in [0, 0.1) is 0 Å². The lowest BCUT2D eigenvalue weighted by Crippen LogP contribution is -1.96. The van der Waals surface area contributed by atoms with Gasteiger partial charge in [-0.15, -0.1) is 0 Å². The van der Waals surface area contributed by atoms with Crippen LogP contribution in [-0.4, -0.2) is 19.9 Å². The molecule has 0 aliphatic heterocycles. The summed E-state index contributed by atoms with van der Waals surface area (Å²) in [7, 11) is 0. The number of rotatable bonds is 6. The highest BCUT2D eigenvalue weighted by Gasteiger charge is 2.14. The Morgan fingerprint density at radius 2 is 0.672 bits per heavy atom. The fourth-order valence-electron chi connectivity index (χ4n) is 8.08. The summed E-state index contributed by atoms with van der Waals surface area (Å²) in [5.74, 6) is 0.700. The highest BCUT2D eigenvalue weighted by Crippen LogP contribution is 2.37. The van der Waals surface area contributed by atoms with Crippen LogP contribution in [0.25, 0.3) is 111 Å². The van der Waals surface area contributed by atoms with Crippen LogP contribution in [0.3, 0.4) is 0 Å². The first-order chi connectivity index (χ1) is 28.7. The van der Waals surface area contributed by atoms with Gasteiger partial charge in [0, 0.05) is 38.6 Å². The lowest BCUT2D eigenvalue weighted by Gasteiger charge is -2.12. The molecule has 0 fully saturated rings. The second kappa shape index (κ2) is 14.0. The molecule has 0 radical (unpaired) electrons. The minimum Gasteiger partial charge on any atom is -0.245 e. The molecule has 3 heterocycles. The van der Waals surface area contributed by atoms with Gasteiger partial charge in [-0.2, -0.15) is 0 Å². The second-order valence-corrected chi connectivity index (χ2v) is 14.6. The van der Waals surface area contributed by atoms with Crippen molar-refractivity contribution < 1.29 is 0 Å². The molecule has 0 unspecified atom stereocenters. The number of hydrogen-bond donors (Lipinski definition) is 0. The van der Waals surface area contributed by atoms with Crippen LogP contribution in [-0.2, 0) is 0 Å². The van der Waals surface area contributed by atoms with Crippen molar-refractivity contribution in [1.82, 2.24) is 19.9 Å². The minimum absolute atomic E-state index is 0.700. The molecule has 270 valence electrons. The summed E-state index contributed by atoms with van der Waals surface area (Å²) in [6.07, 6.45) is 0. The molecule has 4 nitrogen and oxygen atoms in total. The average molecular weight is 739 g/mol. The monoisotopic (exact) mass is 738 g/mol. The summed E-state index contributed by atoms with van der Waals surface area (Å²) in [5, 5.41) is 7.15. The molecule has 58 heavy (non-hydrogen) atoms. The fourth-order valence-corrected chi connectivity index (χ4v) is 8.08. The Balaban J connectivity index is 0.936. The van der Waals surface area contributed by atoms with E-state index in [0.29, 0.717) is 5.82 Å². The Labute approximate surface area is 335 Å². The van der Waals surface area contributed by atoms with Gasteiger partial charge in [-0.05, 0) is 56.9 Å². The van der Waals surface area contributed by atoms with E-state index in [1.54, 1.807) is 0 Å². The van der Waals surface area contributed by atoms with E-state index in [1.165, 1.54) is 32.7 Å². The van der Waals surface area contributed by atoms with E-state index in [4.69, 9.17) is 19.9 Å². The van der Waals surface area contributed by atoms with Crippen molar-refractivity contribution >= 4 is 43.4 Å². The molecule has 8 aromatic carbocycles. The standard InChI is InChI=1S/C54H34N4/c1-3-11-36(12-4-1)50-34-51(58-54(57-50)42-13-5-2-6-14-42)39-25-23-38(24-26-39)49-32-30-41-28-27-40-29-31-48(55-52(40)53(41)56-49)37-21-19-35(20-22-37)47-33-43-15-7-8-16-44(43)45-17-9-10-18-46(45)47/h1-34H. The first-order valence-electron chi connectivity index (χ1n) is 19.5. The predicted molar refractivity (Wildman–Crippen MR) is 240 cm³/mol. The molecule has 0 spiro atoms. The quantitative estimate of drug-likeness (QED) is 0.159. The highest BCUT2D eigenvalue weighted by atomic mass is 14.9. The normalized spacial score (nSPS) is 11.4. The zero-order valence-electron chi connectivity index (χ0n) is 31.4. The van der Waals surface area contributed by atoms with Crippen molar-refractivity contribution in [2.45, 2.75) is 0 Å². The lowest BCUT2D eigenvalue weighted by molar-refractivity contribution is 1.18. The summed E-state index contributed by atoms with van der Waals surface area (Å²) in [6.45, 7) is 0. The fraction of sp³-hybridized carbons (Fsp3) is 0. The molecule has 0 N–H and O–H groups in total. The minimum atomic E-state index is 0.700. The third-order valence-electron chi connectivity index (χ3n) is 11.1. The van der Waals surface area contributed by atoms with Crippen LogP contribution in [0.5, 0.6) is 0 Å². The Morgan fingerprint density at radius 3 is 1.26 bits per heavy atom. The van der Waals surface area contributed by atoms with Gasteiger partial charge in [0.15, 0.2) is 5.82 Å². The molecule has 0 saturated heterocycles. The average Bonchev–Trinajstić information content (AvgIpc) is 3.31. The summed E-state index contributed by atoms with van der Waals surface area (Å²) < 4.78 is 0. The van der Waals surface area contributed by atoms with Crippen molar-refractivity contribution in [3.05, 3.63) is 206 Å². The topological polar surface area (TPSA) is 51.6 Å². The number of fused-ring (bicyclic) bond motifs is 6. The van der Waals surface area contributed by atoms with Crippen LogP contribution in [0.4, 0.5) is 0 Å². The van der Waals surface area contributed by atoms with E-state index in [9.17, 15) is 0 Å². The first kappa shape index (κ1) is 33.5. The van der Waals surface area contributed by atoms with E-state index in [0.717, 1.165) is 72.4 Å². The largest absolute Gasteiger partial charge is 0.245 e. The van der Waals surface area contributed by atoms with Crippen molar-refractivity contribution in [3.63, 3.8) is 0 Å². The number of nitrogens with zero attached hydrogens (tertiary/aromatic N) is 4. The van der Waals surface area contributed by atoms with Crippen LogP contribution in [0.15, 0.2) is 206 Å².